The van der Waals surface area contributed by atoms with Gasteiger partial charge in [0.2, 0.25) is 5.91 Å². The van der Waals surface area contributed by atoms with Gasteiger partial charge in [-0.15, -0.1) is 0 Å². The van der Waals surface area contributed by atoms with Crippen molar-refractivity contribution in [3.63, 3.8) is 0 Å². The van der Waals surface area contributed by atoms with Crippen LogP contribution in [0.3, 0.4) is 0 Å². The van der Waals surface area contributed by atoms with Crippen molar-refractivity contribution in [2.45, 2.75) is 50.9 Å². The number of nitrogens with zero attached hydrogens (tertiary/aromatic N) is 2. The maximum absolute atomic E-state index is 14.3. The highest BCUT2D eigenvalue weighted by molar-refractivity contribution is 6.06. The number of para-hydroxylation sites is 1. The Kier molecular flexibility index (Phi) is 6.27. The van der Waals surface area contributed by atoms with E-state index in [4.69, 9.17) is 9.47 Å². The summed E-state index contributed by atoms with van der Waals surface area (Å²) in [4.78, 5) is 44.6. The van der Waals surface area contributed by atoms with Crippen molar-refractivity contribution in [3.05, 3.63) is 53.6 Å². The number of hydrogen-bond donors (Lipinski definition) is 1. The molecular formula is C27H32N2O6. The third-order valence-electron chi connectivity index (χ3n) is 7.62. The molecule has 186 valence electrons. The van der Waals surface area contributed by atoms with E-state index in [0.717, 1.165) is 23.2 Å². The molecule has 4 heterocycles. The molecule has 8 heteroatoms. The number of carbonyl (C=O) groups is 3. The Balaban J connectivity index is 1.63. The highest BCUT2D eigenvalue weighted by Gasteiger charge is 2.71. The first kappa shape index (κ1) is 23.8. The largest absolute Gasteiger partial charge is 0.465 e. The highest BCUT2D eigenvalue weighted by Crippen LogP contribution is 2.53. The summed E-state index contributed by atoms with van der Waals surface area (Å²) in [5, 5.41) is 9.50. The lowest BCUT2D eigenvalue weighted by atomic mass is 9.78. The van der Waals surface area contributed by atoms with Gasteiger partial charge in [-0.05, 0) is 44.2 Å². The molecule has 4 aliphatic heterocycles. The molecule has 2 saturated heterocycles. The molecule has 5 rings (SSSR count). The second-order valence-corrected chi connectivity index (χ2v) is 9.78. The van der Waals surface area contributed by atoms with Gasteiger partial charge in [0, 0.05) is 25.4 Å². The SMILES string of the molecule is Cc1cccc(C)c1N1CC=C[C@]23O[C@H]4/C=C\CCCOC(=O)[C@H]4[C@H]2C(=O)N(CCCO)C3C1=O. The molecular weight excluding hydrogens is 448 g/mol. The van der Waals surface area contributed by atoms with Crippen molar-refractivity contribution in [1.29, 1.82) is 0 Å². The van der Waals surface area contributed by atoms with Crippen LogP contribution in [0.4, 0.5) is 5.69 Å². The number of hydrogen-bond acceptors (Lipinski definition) is 6. The van der Waals surface area contributed by atoms with E-state index in [2.05, 4.69) is 0 Å². The average molecular weight is 481 g/mol. The zero-order chi connectivity index (χ0) is 24.7. The minimum Gasteiger partial charge on any atom is -0.465 e. The number of cyclic esters (lactones) is 1. The maximum atomic E-state index is 14.3. The fourth-order valence-corrected chi connectivity index (χ4v) is 6.17. The Hall–Kier alpha value is -2.97. The fourth-order valence-electron chi connectivity index (χ4n) is 6.17. The van der Waals surface area contributed by atoms with Crippen LogP contribution in [-0.4, -0.2) is 71.8 Å². The van der Waals surface area contributed by atoms with Crippen LogP contribution in [0.15, 0.2) is 42.5 Å². The molecule has 4 aliphatic rings. The minimum absolute atomic E-state index is 0.115. The number of likely N-dealkylation sites (tertiary alicyclic amines) is 1. The fraction of sp³-hybridized carbons (Fsp3) is 0.519. The summed E-state index contributed by atoms with van der Waals surface area (Å²) in [6.07, 6.45) is 8.63. The van der Waals surface area contributed by atoms with Gasteiger partial charge in [-0.3, -0.25) is 14.4 Å². The molecule has 8 nitrogen and oxygen atoms in total. The van der Waals surface area contributed by atoms with Crippen LogP contribution in [0.2, 0.25) is 0 Å². The number of allylic oxidation sites excluding steroid dienone is 1. The molecule has 1 spiro atoms. The molecule has 0 radical (unpaired) electrons. The van der Waals surface area contributed by atoms with Crippen LogP contribution in [0.25, 0.3) is 0 Å². The van der Waals surface area contributed by atoms with E-state index in [9.17, 15) is 19.5 Å². The van der Waals surface area contributed by atoms with Gasteiger partial charge in [0.05, 0.1) is 18.6 Å². The molecule has 0 saturated carbocycles. The molecule has 1 aromatic carbocycles. The minimum atomic E-state index is -1.28. The Morgan fingerprint density at radius 2 is 1.89 bits per heavy atom. The standard InChI is InChI=1S/C27H32N2O6/c1-17-9-6-10-18(2)22(17)28-13-7-12-27-21(24(31)29(14-8-15-30)23(27)25(28)32)20-19(35-27)11-4-3-5-16-34-26(20)33/h4,6-7,9-12,19-21,23,30H,3,5,8,13-16H2,1-2H3/b11-4-/t19-,20+,21-,23?,27-/m0/s1. The van der Waals surface area contributed by atoms with Crippen LogP contribution >= 0.6 is 0 Å². The molecule has 1 unspecified atom stereocenters. The zero-order valence-corrected chi connectivity index (χ0v) is 20.2. The van der Waals surface area contributed by atoms with E-state index in [-0.39, 0.29) is 31.6 Å². The number of amides is 2. The van der Waals surface area contributed by atoms with Crippen molar-refractivity contribution in [1.82, 2.24) is 4.90 Å². The molecule has 2 amide bonds. The molecule has 1 N–H and O–H groups in total. The number of benzene rings is 1. The highest BCUT2D eigenvalue weighted by atomic mass is 16.6. The lowest BCUT2D eigenvalue weighted by molar-refractivity contribution is -0.154. The number of aliphatic hydroxyl groups is 1. The van der Waals surface area contributed by atoms with Crippen LogP contribution < -0.4 is 4.90 Å². The lowest BCUT2D eigenvalue weighted by Gasteiger charge is -2.36. The van der Waals surface area contributed by atoms with E-state index in [1.807, 2.05) is 56.4 Å². The van der Waals surface area contributed by atoms with E-state index in [1.54, 1.807) is 4.90 Å². The molecule has 35 heavy (non-hydrogen) atoms. The van der Waals surface area contributed by atoms with Crippen molar-refractivity contribution < 1.29 is 29.0 Å². The molecule has 0 aliphatic carbocycles. The number of fused-ring (bicyclic) bond motifs is 2. The number of aliphatic hydroxyl groups excluding tert-OH is 1. The summed E-state index contributed by atoms with van der Waals surface area (Å²) < 4.78 is 12.1. The van der Waals surface area contributed by atoms with E-state index in [0.29, 0.717) is 19.4 Å². The maximum Gasteiger partial charge on any atom is 0.312 e. The van der Waals surface area contributed by atoms with Crippen LogP contribution in [0.1, 0.15) is 30.4 Å². The first-order valence-corrected chi connectivity index (χ1v) is 12.4. The van der Waals surface area contributed by atoms with Crippen LogP contribution in [-0.2, 0) is 23.9 Å². The van der Waals surface area contributed by atoms with Gasteiger partial charge < -0.3 is 24.4 Å². The van der Waals surface area contributed by atoms with Gasteiger partial charge in [0.1, 0.15) is 17.6 Å². The molecule has 2 fully saturated rings. The van der Waals surface area contributed by atoms with E-state index < -0.39 is 35.6 Å². The Morgan fingerprint density at radius 1 is 1.11 bits per heavy atom. The summed E-state index contributed by atoms with van der Waals surface area (Å²) in [6.45, 7) is 4.62. The van der Waals surface area contributed by atoms with Crippen molar-refractivity contribution in [2.24, 2.45) is 11.8 Å². The van der Waals surface area contributed by atoms with Gasteiger partial charge in [0.25, 0.3) is 5.91 Å². The van der Waals surface area contributed by atoms with Gasteiger partial charge in [-0.25, -0.2) is 0 Å². The van der Waals surface area contributed by atoms with Gasteiger partial charge in [-0.1, -0.05) is 42.5 Å². The predicted molar refractivity (Wildman–Crippen MR) is 129 cm³/mol. The number of aryl methyl sites for hydroxylation is 2. The zero-order valence-electron chi connectivity index (χ0n) is 20.2. The summed E-state index contributed by atoms with van der Waals surface area (Å²) in [7, 11) is 0. The number of ether oxygens (including phenoxy) is 2. The number of rotatable bonds is 4. The summed E-state index contributed by atoms with van der Waals surface area (Å²) in [5.74, 6) is -2.71. The Bertz CT molecular complexity index is 1080. The average Bonchev–Trinajstić information content (AvgIpc) is 3.23. The Morgan fingerprint density at radius 3 is 2.63 bits per heavy atom. The summed E-state index contributed by atoms with van der Waals surface area (Å²) >= 11 is 0. The number of anilines is 1. The van der Waals surface area contributed by atoms with Crippen molar-refractivity contribution in [3.8, 4) is 0 Å². The first-order chi connectivity index (χ1) is 16.9. The predicted octanol–water partition coefficient (Wildman–Crippen LogP) is 2.06. The quantitative estimate of drug-likeness (QED) is 0.524. The molecule has 0 bridgehead atoms. The van der Waals surface area contributed by atoms with Crippen molar-refractivity contribution in [2.75, 3.05) is 31.2 Å². The van der Waals surface area contributed by atoms with Gasteiger partial charge in [0.15, 0.2) is 0 Å². The topological polar surface area (TPSA) is 96.4 Å². The van der Waals surface area contributed by atoms with Crippen LogP contribution in [0.5, 0.6) is 0 Å². The van der Waals surface area contributed by atoms with Gasteiger partial charge in [-0.2, -0.15) is 0 Å². The Labute approximate surface area is 205 Å². The smallest absolute Gasteiger partial charge is 0.312 e. The van der Waals surface area contributed by atoms with E-state index >= 15 is 0 Å². The first-order valence-electron chi connectivity index (χ1n) is 12.4. The molecule has 1 aromatic rings. The molecule has 5 atom stereocenters. The lowest BCUT2D eigenvalue weighted by Crippen LogP contribution is -2.55. The second-order valence-electron chi connectivity index (χ2n) is 9.78. The summed E-state index contributed by atoms with van der Waals surface area (Å²) in [6, 6.07) is 4.93. The van der Waals surface area contributed by atoms with Crippen molar-refractivity contribution >= 4 is 23.5 Å². The number of esters is 1. The normalized spacial score (nSPS) is 33.3. The number of carbonyl (C=O) groups excluding carboxylic acids is 3. The van der Waals surface area contributed by atoms with Crippen LogP contribution in [0, 0.1) is 25.7 Å². The summed E-state index contributed by atoms with van der Waals surface area (Å²) in [5.41, 5.74) is 1.45. The van der Waals surface area contributed by atoms with Gasteiger partial charge >= 0.3 is 5.97 Å². The second kappa shape index (κ2) is 9.24. The monoisotopic (exact) mass is 480 g/mol. The third kappa shape index (κ3) is 3.70. The van der Waals surface area contributed by atoms with E-state index in [1.165, 1.54) is 4.90 Å². The molecule has 0 aromatic heterocycles. The third-order valence-corrected chi connectivity index (χ3v) is 7.62.